The van der Waals surface area contributed by atoms with Crippen LogP contribution in [0.2, 0.25) is 5.02 Å². The van der Waals surface area contributed by atoms with Gasteiger partial charge in [0.25, 0.3) is 5.69 Å². The molecule has 5 nitrogen and oxygen atoms in total. The summed E-state index contributed by atoms with van der Waals surface area (Å²) in [7, 11) is 0. The van der Waals surface area contributed by atoms with Crippen LogP contribution in [0.25, 0.3) is 0 Å². The summed E-state index contributed by atoms with van der Waals surface area (Å²) in [4.78, 5) is 10.1. The summed E-state index contributed by atoms with van der Waals surface area (Å²) in [5, 5.41) is 23.0. The molecule has 2 N–H and O–H groups in total. The SMILES string of the molecule is CC(C)(CCCO)CNc1ccc([N+](=O)[O-])cc1Cl. The van der Waals surface area contributed by atoms with Crippen molar-refractivity contribution in [2.45, 2.75) is 26.7 Å². The minimum Gasteiger partial charge on any atom is -0.396 e. The Morgan fingerprint density at radius 2 is 2.16 bits per heavy atom. The summed E-state index contributed by atoms with van der Waals surface area (Å²) in [6, 6.07) is 4.38. The quantitative estimate of drug-likeness (QED) is 0.594. The number of benzene rings is 1. The number of nitro benzene ring substituents is 1. The second kappa shape index (κ2) is 6.73. The lowest BCUT2D eigenvalue weighted by molar-refractivity contribution is -0.384. The second-order valence-corrected chi connectivity index (χ2v) is 5.67. The van der Waals surface area contributed by atoms with Gasteiger partial charge in [0.1, 0.15) is 0 Å². The summed E-state index contributed by atoms with van der Waals surface area (Å²) in [6.07, 6.45) is 1.64. The highest BCUT2D eigenvalue weighted by molar-refractivity contribution is 6.33. The minimum atomic E-state index is -0.471. The van der Waals surface area contributed by atoms with E-state index >= 15 is 0 Å². The molecule has 0 saturated heterocycles. The first kappa shape index (κ1) is 15.7. The van der Waals surface area contributed by atoms with E-state index in [1.807, 2.05) is 0 Å². The molecular formula is C13H19ClN2O3. The van der Waals surface area contributed by atoms with Gasteiger partial charge < -0.3 is 10.4 Å². The molecule has 0 fully saturated rings. The number of nitrogens with one attached hydrogen (secondary N) is 1. The van der Waals surface area contributed by atoms with Crippen molar-refractivity contribution in [1.29, 1.82) is 0 Å². The average molecular weight is 287 g/mol. The van der Waals surface area contributed by atoms with Crippen LogP contribution < -0.4 is 5.32 Å². The lowest BCUT2D eigenvalue weighted by Gasteiger charge is -2.25. The molecule has 0 heterocycles. The highest BCUT2D eigenvalue weighted by Crippen LogP contribution is 2.29. The lowest BCUT2D eigenvalue weighted by Crippen LogP contribution is -2.23. The van der Waals surface area contributed by atoms with Crippen molar-refractivity contribution in [1.82, 2.24) is 0 Å². The average Bonchev–Trinajstić information content (AvgIpc) is 2.35. The predicted octanol–water partition coefficient (Wildman–Crippen LogP) is 3.46. The molecule has 0 atom stereocenters. The number of hydrogen-bond acceptors (Lipinski definition) is 4. The van der Waals surface area contributed by atoms with Crippen molar-refractivity contribution in [2.24, 2.45) is 5.41 Å². The Kier molecular flexibility index (Phi) is 5.57. The lowest BCUT2D eigenvalue weighted by atomic mass is 9.88. The topological polar surface area (TPSA) is 75.4 Å². The van der Waals surface area contributed by atoms with E-state index < -0.39 is 4.92 Å². The highest BCUT2D eigenvalue weighted by atomic mass is 35.5. The summed E-state index contributed by atoms with van der Waals surface area (Å²) < 4.78 is 0. The fourth-order valence-electron chi connectivity index (χ4n) is 1.74. The van der Waals surface area contributed by atoms with Gasteiger partial charge in [-0.3, -0.25) is 10.1 Å². The van der Waals surface area contributed by atoms with Crippen molar-refractivity contribution in [3.8, 4) is 0 Å². The number of rotatable bonds is 7. The molecule has 0 aromatic heterocycles. The number of nitro groups is 1. The van der Waals surface area contributed by atoms with Crippen molar-refractivity contribution in [2.75, 3.05) is 18.5 Å². The molecule has 1 aromatic carbocycles. The van der Waals surface area contributed by atoms with Crippen LogP contribution in [0.1, 0.15) is 26.7 Å². The van der Waals surface area contributed by atoms with E-state index in [-0.39, 0.29) is 17.7 Å². The summed E-state index contributed by atoms with van der Waals surface area (Å²) in [5.74, 6) is 0. The Bertz CT molecular complexity index is 450. The van der Waals surface area contributed by atoms with Gasteiger partial charge in [0.2, 0.25) is 0 Å². The van der Waals surface area contributed by atoms with Crippen LogP contribution in [-0.2, 0) is 0 Å². The Morgan fingerprint density at radius 1 is 1.47 bits per heavy atom. The smallest absolute Gasteiger partial charge is 0.271 e. The van der Waals surface area contributed by atoms with Crippen LogP contribution in [0.4, 0.5) is 11.4 Å². The molecule has 0 amide bonds. The standard InChI is InChI=1S/C13H19ClN2O3/c1-13(2,6-3-7-17)9-15-12-5-4-10(16(18)19)8-11(12)14/h4-5,8,15,17H,3,6-7,9H2,1-2H3. The third-order valence-corrected chi connectivity index (χ3v) is 3.25. The Labute approximate surface area is 117 Å². The van der Waals surface area contributed by atoms with E-state index in [0.717, 1.165) is 12.8 Å². The fourth-order valence-corrected chi connectivity index (χ4v) is 1.98. The Hall–Kier alpha value is -1.33. The summed E-state index contributed by atoms with van der Waals surface area (Å²) in [6.45, 7) is 5.05. The van der Waals surface area contributed by atoms with Crippen LogP contribution in [0.3, 0.4) is 0 Å². The van der Waals surface area contributed by atoms with Crippen LogP contribution >= 0.6 is 11.6 Å². The first-order valence-corrected chi connectivity index (χ1v) is 6.52. The molecule has 0 spiro atoms. The van der Waals surface area contributed by atoms with E-state index in [9.17, 15) is 10.1 Å². The van der Waals surface area contributed by atoms with E-state index in [1.165, 1.54) is 12.1 Å². The van der Waals surface area contributed by atoms with Crippen LogP contribution in [-0.4, -0.2) is 23.2 Å². The van der Waals surface area contributed by atoms with Gasteiger partial charge in [0, 0.05) is 25.3 Å². The van der Waals surface area contributed by atoms with E-state index in [2.05, 4.69) is 19.2 Å². The molecule has 1 aromatic rings. The molecule has 0 aliphatic heterocycles. The summed E-state index contributed by atoms with van der Waals surface area (Å²) in [5.41, 5.74) is 0.688. The molecule has 1 rings (SSSR count). The minimum absolute atomic E-state index is 0.0184. The monoisotopic (exact) mass is 286 g/mol. The number of halogens is 1. The van der Waals surface area contributed by atoms with Gasteiger partial charge in [-0.25, -0.2) is 0 Å². The number of aliphatic hydroxyl groups is 1. The van der Waals surface area contributed by atoms with Gasteiger partial charge >= 0.3 is 0 Å². The number of hydrogen-bond donors (Lipinski definition) is 2. The summed E-state index contributed by atoms with van der Waals surface area (Å²) >= 11 is 6.00. The number of non-ortho nitro benzene ring substituents is 1. The zero-order valence-corrected chi connectivity index (χ0v) is 11.9. The zero-order valence-electron chi connectivity index (χ0n) is 11.1. The van der Waals surface area contributed by atoms with Gasteiger partial charge in [-0.1, -0.05) is 25.4 Å². The van der Waals surface area contributed by atoms with Gasteiger partial charge in [0.05, 0.1) is 15.6 Å². The number of anilines is 1. The Morgan fingerprint density at radius 3 is 2.68 bits per heavy atom. The normalized spacial score (nSPS) is 11.4. The predicted molar refractivity (Wildman–Crippen MR) is 76.7 cm³/mol. The van der Waals surface area contributed by atoms with Crippen molar-refractivity contribution in [3.05, 3.63) is 33.3 Å². The molecule has 0 saturated carbocycles. The zero-order chi connectivity index (χ0) is 14.5. The highest BCUT2D eigenvalue weighted by Gasteiger charge is 2.18. The maximum Gasteiger partial charge on any atom is 0.271 e. The van der Waals surface area contributed by atoms with Crippen molar-refractivity contribution < 1.29 is 10.0 Å². The maximum atomic E-state index is 10.6. The van der Waals surface area contributed by atoms with Crippen molar-refractivity contribution in [3.63, 3.8) is 0 Å². The molecule has 106 valence electrons. The molecule has 19 heavy (non-hydrogen) atoms. The molecule has 0 unspecified atom stereocenters. The molecular weight excluding hydrogens is 268 g/mol. The molecule has 6 heteroatoms. The van der Waals surface area contributed by atoms with Gasteiger partial charge in [0.15, 0.2) is 0 Å². The number of aliphatic hydroxyl groups excluding tert-OH is 1. The fraction of sp³-hybridized carbons (Fsp3) is 0.538. The van der Waals surface area contributed by atoms with Gasteiger partial charge in [-0.05, 0) is 24.3 Å². The second-order valence-electron chi connectivity index (χ2n) is 5.27. The van der Waals surface area contributed by atoms with E-state index in [0.29, 0.717) is 17.3 Å². The van der Waals surface area contributed by atoms with Crippen molar-refractivity contribution >= 4 is 23.0 Å². The molecule has 0 aliphatic rings. The van der Waals surface area contributed by atoms with Gasteiger partial charge in [-0.15, -0.1) is 0 Å². The van der Waals surface area contributed by atoms with Crippen LogP contribution in [0, 0.1) is 15.5 Å². The first-order chi connectivity index (χ1) is 8.85. The van der Waals surface area contributed by atoms with Gasteiger partial charge in [-0.2, -0.15) is 0 Å². The first-order valence-electron chi connectivity index (χ1n) is 6.14. The largest absolute Gasteiger partial charge is 0.396 e. The maximum absolute atomic E-state index is 10.6. The third kappa shape index (κ3) is 5.04. The van der Waals surface area contributed by atoms with Crippen LogP contribution in [0.15, 0.2) is 18.2 Å². The van der Waals surface area contributed by atoms with E-state index in [1.54, 1.807) is 6.07 Å². The molecule has 0 radical (unpaired) electrons. The Balaban J connectivity index is 2.65. The third-order valence-electron chi connectivity index (χ3n) is 2.93. The van der Waals surface area contributed by atoms with E-state index in [4.69, 9.17) is 16.7 Å². The number of nitrogens with zero attached hydrogens (tertiary/aromatic N) is 1. The van der Waals surface area contributed by atoms with Crippen LogP contribution in [0.5, 0.6) is 0 Å². The molecule has 0 aliphatic carbocycles. The molecule has 0 bridgehead atoms.